The van der Waals surface area contributed by atoms with Gasteiger partial charge >= 0.3 is 0 Å². The molecule has 2 saturated heterocycles. The van der Waals surface area contributed by atoms with Crippen molar-refractivity contribution in [3.8, 4) is 5.75 Å². The van der Waals surface area contributed by atoms with Crippen LogP contribution in [0.25, 0.3) is 0 Å². The molecule has 3 heterocycles. The van der Waals surface area contributed by atoms with Crippen LogP contribution in [0.15, 0.2) is 42.5 Å². The molecule has 3 aliphatic rings. The Hall–Kier alpha value is -3.23. The van der Waals surface area contributed by atoms with Crippen LogP contribution in [0.1, 0.15) is 50.9 Å². The molecular weight excluding hydrogens is 422 g/mol. The first-order valence-corrected chi connectivity index (χ1v) is 10.5. The lowest BCUT2D eigenvalue weighted by Gasteiger charge is -2.29. The Labute approximate surface area is 203 Å². The van der Waals surface area contributed by atoms with Gasteiger partial charge in [-0.3, -0.25) is 24.6 Å². The van der Waals surface area contributed by atoms with E-state index in [2.05, 4.69) is 10.1 Å². The summed E-state index contributed by atoms with van der Waals surface area (Å²) < 4.78 is 74.4. The van der Waals surface area contributed by atoms with E-state index in [0.29, 0.717) is 32.9 Å². The number of fused-ring (bicyclic) bond motifs is 1. The van der Waals surface area contributed by atoms with Crippen LogP contribution in [0, 0.1) is 0 Å². The third-order valence-corrected chi connectivity index (χ3v) is 5.76. The van der Waals surface area contributed by atoms with Crippen molar-refractivity contribution in [1.29, 1.82) is 0 Å². The third-order valence-electron chi connectivity index (χ3n) is 5.76. The number of nitrogens with one attached hydrogen (secondary N) is 1. The lowest BCUT2D eigenvalue weighted by Crippen LogP contribution is -2.52. The second-order valence-corrected chi connectivity index (χ2v) is 7.90. The molecule has 8 heteroatoms. The Kier molecular flexibility index (Phi) is 3.99. The smallest absolute Gasteiger partial charge is 0.255 e. The van der Waals surface area contributed by atoms with E-state index in [1.54, 1.807) is 42.5 Å². The van der Waals surface area contributed by atoms with E-state index in [4.69, 9.17) is 15.7 Å². The van der Waals surface area contributed by atoms with Crippen LogP contribution in [0.5, 0.6) is 5.75 Å². The highest BCUT2D eigenvalue weighted by molar-refractivity contribution is 6.05. The van der Waals surface area contributed by atoms with Gasteiger partial charge in [-0.1, -0.05) is 30.3 Å². The highest BCUT2D eigenvalue weighted by Crippen LogP contribution is 2.34. The zero-order valence-corrected chi connectivity index (χ0v) is 17.6. The number of carbonyl (C=O) groups excluding carboxylic acids is 3. The fraction of sp³-hybridized carbons (Fsp3) is 0.400. The molecule has 0 saturated carbocycles. The SMILES string of the molecule is [2H]C1([2H])OC([2H])([2H])C([2H])([2H])N(Cc2ccc(COc3cccc4c3CN([C@@H]3CCC(=O)NC3=O)C4=O)cc2)C1([2H])[2H]. The van der Waals surface area contributed by atoms with E-state index in [1.807, 2.05) is 0 Å². The topological polar surface area (TPSA) is 88.2 Å². The minimum absolute atomic E-state index is 0.0909. The molecule has 172 valence electrons. The maximum atomic E-state index is 13.0. The molecule has 0 unspecified atom stereocenters. The van der Waals surface area contributed by atoms with E-state index < -0.39 is 44.6 Å². The van der Waals surface area contributed by atoms with Gasteiger partial charge in [-0.05, 0) is 29.7 Å². The zero-order chi connectivity index (χ0) is 30.0. The number of nitrogens with zero attached hydrogens (tertiary/aromatic N) is 2. The standard InChI is InChI=1S/C25H27N3O5/c29-23-9-8-21(24(30)26-23)28-15-20-19(25(28)31)2-1-3-22(20)33-16-18-6-4-17(5-7-18)14-27-10-12-32-13-11-27/h1-7,21H,8-16H2,(H,26,29,30)/t21-/m1/s1/i10D2,11D2,12D2,13D2. The summed E-state index contributed by atoms with van der Waals surface area (Å²) in [5.74, 6) is -0.736. The summed E-state index contributed by atoms with van der Waals surface area (Å²) in [5.41, 5.74) is 2.13. The number of hydrogen-bond donors (Lipinski definition) is 1. The monoisotopic (exact) mass is 457 g/mol. The van der Waals surface area contributed by atoms with E-state index in [1.165, 1.54) is 4.90 Å². The van der Waals surface area contributed by atoms with Gasteiger partial charge in [0.2, 0.25) is 11.8 Å². The first-order valence-electron chi connectivity index (χ1n) is 14.5. The van der Waals surface area contributed by atoms with Gasteiger partial charge in [0.15, 0.2) is 0 Å². The summed E-state index contributed by atoms with van der Waals surface area (Å²) in [4.78, 5) is 38.8. The number of piperidine rings is 1. The molecular formula is C25H27N3O5. The maximum Gasteiger partial charge on any atom is 0.255 e. The van der Waals surface area contributed by atoms with Crippen LogP contribution < -0.4 is 10.1 Å². The summed E-state index contributed by atoms with van der Waals surface area (Å²) in [6.45, 7) is -12.4. The quantitative estimate of drug-likeness (QED) is 0.667. The van der Waals surface area contributed by atoms with Crippen LogP contribution >= 0.6 is 0 Å². The van der Waals surface area contributed by atoms with Crippen molar-refractivity contribution in [2.24, 2.45) is 0 Å². The van der Waals surface area contributed by atoms with Crippen LogP contribution in [-0.4, -0.2) is 59.7 Å². The Morgan fingerprint density at radius 1 is 1.06 bits per heavy atom. The molecule has 1 N–H and O–H groups in total. The van der Waals surface area contributed by atoms with Gasteiger partial charge in [0.1, 0.15) is 18.4 Å². The van der Waals surface area contributed by atoms with Crippen molar-refractivity contribution in [3.63, 3.8) is 0 Å². The average molecular weight is 458 g/mol. The van der Waals surface area contributed by atoms with Crippen molar-refractivity contribution in [2.45, 2.75) is 38.6 Å². The minimum atomic E-state index is -3.11. The van der Waals surface area contributed by atoms with Crippen LogP contribution in [-0.2, 0) is 34.0 Å². The second-order valence-electron chi connectivity index (χ2n) is 7.90. The number of rotatable bonds is 6. The summed E-state index contributed by atoms with van der Waals surface area (Å²) in [5, 5.41) is 2.27. The van der Waals surface area contributed by atoms with Crippen LogP contribution in [0.4, 0.5) is 0 Å². The third kappa shape index (κ3) is 4.62. The van der Waals surface area contributed by atoms with Crippen molar-refractivity contribution < 1.29 is 34.8 Å². The lowest BCUT2D eigenvalue weighted by molar-refractivity contribution is -0.136. The lowest BCUT2D eigenvalue weighted by atomic mass is 10.0. The predicted octanol–water partition coefficient (Wildman–Crippen LogP) is 1.86. The summed E-state index contributed by atoms with van der Waals surface area (Å²) in [6, 6.07) is 10.8. The number of morpholine rings is 1. The molecule has 2 aromatic rings. The Bertz CT molecular complexity index is 1380. The Balaban J connectivity index is 1.28. The Morgan fingerprint density at radius 2 is 1.82 bits per heavy atom. The molecule has 2 fully saturated rings. The van der Waals surface area contributed by atoms with E-state index in [0.717, 1.165) is 0 Å². The number of benzene rings is 2. The predicted molar refractivity (Wildman–Crippen MR) is 119 cm³/mol. The molecule has 2 aromatic carbocycles. The number of amides is 3. The van der Waals surface area contributed by atoms with Gasteiger partial charge in [-0.2, -0.15) is 0 Å². The van der Waals surface area contributed by atoms with E-state index >= 15 is 0 Å². The molecule has 0 bridgehead atoms. The van der Waals surface area contributed by atoms with E-state index in [9.17, 15) is 14.4 Å². The Morgan fingerprint density at radius 3 is 2.58 bits per heavy atom. The minimum Gasteiger partial charge on any atom is -0.489 e. The van der Waals surface area contributed by atoms with Gasteiger partial charge < -0.3 is 14.4 Å². The molecule has 0 aromatic heterocycles. The van der Waals surface area contributed by atoms with Crippen molar-refractivity contribution >= 4 is 17.7 Å². The van der Waals surface area contributed by atoms with E-state index in [-0.39, 0.29) is 37.8 Å². The molecule has 0 radical (unpaired) electrons. The highest BCUT2D eigenvalue weighted by Gasteiger charge is 2.40. The second kappa shape index (κ2) is 9.33. The molecule has 8 nitrogen and oxygen atoms in total. The number of imide groups is 1. The largest absolute Gasteiger partial charge is 0.489 e. The first kappa shape index (κ1) is 14.1. The molecule has 0 aliphatic carbocycles. The molecule has 5 rings (SSSR count). The fourth-order valence-corrected chi connectivity index (χ4v) is 4.07. The van der Waals surface area contributed by atoms with Crippen molar-refractivity contribution in [1.82, 2.24) is 15.1 Å². The van der Waals surface area contributed by atoms with Crippen molar-refractivity contribution in [3.05, 3.63) is 64.7 Å². The van der Waals surface area contributed by atoms with Crippen LogP contribution in [0.2, 0.25) is 0 Å². The summed E-state index contributed by atoms with van der Waals surface area (Å²) in [7, 11) is 0. The molecule has 1 atom stereocenters. The summed E-state index contributed by atoms with van der Waals surface area (Å²) in [6.07, 6.45) is 0.395. The maximum absolute atomic E-state index is 13.0. The van der Waals surface area contributed by atoms with Gasteiger partial charge in [0.25, 0.3) is 5.91 Å². The van der Waals surface area contributed by atoms with Gasteiger partial charge in [0.05, 0.1) is 25.1 Å². The van der Waals surface area contributed by atoms with Crippen molar-refractivity contribution in [2.75, 3.05) is 26.1 Å². The van der Waals surface area contributed by atoms with Crippen LogP contribution in [0.3, 0.4) is 0 Å². The fourth-order valence-electron chi connectivity index (χ4n) is 4.07. The summed E-state index contributed by atoms with van der Waals surface area (Å²) >= 11 is 0. The highest BCUT2D eigenvalue weighted by atomic mass is 16.5. The first-order chi connectivity index (χ1) is 19.0. The number of hydrogen-bond acceptors (Lipinski definition) is 6. The zero-order valence-electron chi connectivity index (χ0n) is 25.6. The van der Waals surface area contributed by atoms with Gasteiger partial charge in [0, 0.05) is 42.6 Å². The molecule has 33 heavy (non-hydrogen) atoms. The van der Waals surface area contributed by atoms with Gasteiger partial charge in [-0.15, -0.1) is 0 Å². The normalized spacial score (nSPS) is 30.8. The number of carbonyl (C=O) groups is 3. The van der Waals surface area contributed by atoms with Gasteiger partial charge in [-0.25, -0.2) is 0 Å². The number of ether oxygens (including phenoxy) is 2. The molecule has 0 spiro atoms. The average Bonchev–Trinajstić information content (AvgIpc) is 3.21. The molecule has 3 aliphatic heterocycles. The molecule has 3 amide bonds.